The molecule has 14 heavy (non-hydrogen) atoms. The van der Waals surface area contributed by atoms with E-state index in [4.69, 9.17) is 10.5 Å². The van der Waals surface area contributed by atoms with Gasteiger partial charge in [0.05, 0.1) is 0 Å². The van der Waals surface area contributed by atoms with Gasteiger partial charge in [-0.1, -0.05) is 19.8 Å². The summed E-state index contributed by atoms with van der Waals surface area (Å²) in [6.07, 6.45) is 7.54. The molecule has 1 aliphatic carbocycles. The Bertz CT molecular complexity index is 189. The van der Waals surface area contributed by atoms with E-state index in [2.05, 4.69) is 6.92 Å². The van der Waals surface area contributed by atoms with Crippen molar-refractivity contribution in [2.75, 3.05) is 13.2 Å². The fourth-order valence-corrected chi connectivity index (χ4v) is 3.28. The van der Waals surface area contributed by atoms with Crippen molar-refractivity contribution in [3.8, 4) is 0 Å². The molecule has 2 aliphatic rings. The smallest absolute Gasteiger partial charge is 0.0469 e. The Morgan fingerprint density at radius 2 is 1.93 bits per heavy atom. The van der Waals surface area contributed by atoms with Gasteiger partial charge >= 0.3 is 0 Å². The maximum Gasteiger partial charge on any atom is 0.0469 e. The van der Waals surface area contributed by atoms with Gasteiger partial charge in [0.25, 0.3) is 0 Å². The minimum absolute atomic E-state index is 0.140. The zero-order valence-corrected chi connectivity index (χ0v) is 9.30. The molecule has 1 saturated heterocycles. The number of ether oxygens (including phenoxy) is 1. The van der Waals surface area contributed by atoms with Crippen molar-refractivity contribution in [2.24, 2.45) is 17.6 Å². The SMILES string of the molecule is CC1CCCC(N)(C2CCOCC2)C1. The molecule has 2 unspecified atom stereocenters. The zero-order chi connectivity index (χ0) is 10.0. The predicted molar refractivity (Wildman–Crippen MR) is 58.1 cm³/mol. The van der Waals surface area contributed by atoms with Gasteiger partial charge < -0.3 is 10.5 Å². The molecule has 82 valence electrons. The summed E-state index contributed by atoms with van der Waals surface area (Å²) in [5.41, 5.74) is 6.71. The highest BCUT2D eigenvalue weighted by molar-refractivity contribution is 4.95. The Morgan fingerprint density at radius 3 is 2.57 bits per heavy atom. The van der Waals surface area contributed by atoms with Crippen molar-refractivity contribution in [1.82, 2.24) is 0 Å². The lowest BCUT2D eigenvalue weighted by molar-refractivity contribution is 0.0224. The molecule has 0 aromatic heterocycles. The van der Waals surface area contributed by atoms with Crippen LogP contribution in [0.4, 0.5) is 0 Å². The summed E-state index contributed by atoms with van der Waals surface area (Å²) in [4.78, 5) is 0. The minimum Gasteiger partial charge on any atom is -0.381 e. The standard InChI is InChI=1S/C12H23NO/c1-10-3-2-6-12(13,9-10)11-4-7-14-8-5-11/h10-11H,2-9,13H2,1H3. The predicted octanol–water partition coefficient (Wildman–Crippen LogP) is 2.32. The van der Waals surface area contributed by atoms with Crippen molar-refractivity contribution in [3.63, 3.8) is 0 Å². The zero-order valence-electron chi connectivity index (χ0n) is 9.30. The summed E-state index contributed by atoms with van der Waals surface area (Å²) in [6.45, 7) is 4.20. The van der Waals surface area contributed by atoms with Gasteiger partial charge in [-0.2, -0.15) is 0 Å². The Balaban J connectivity index is 1.98. The van der Waals surface area contributed by atoms with Crippen LogP contribution in [0, 0.1) is 11.8 Å². The quantitative estimate of drug-likeness (QED) is 0.700. The summed E-state index contributed by atoms with van der Waals surface area (Å²) in [6, 6.07) is 0. The third-order valence-electron chi connectivity index (χ3n) is 4.10. The molecule has 0 radical (unpaired) electrons. The molecular formula is C12H23NO. The van der Waals surface area contributed by atoms with Gasteiger partial charge in [-0.15, -0.1) is 0 Å². The lowest BCUT2D eigenvalue weighted by Gasteiger charge is -2.44. The molecular weight excluding hydrogens is 174 g/mol. The topological polar surface area (TPSA) is 35.2 Å². The third kappa shape index (κ3) is 2.12. The Hall–Kier alpha value is -0.0800. The minimum atomic E-state index is 0.140. The number of hydrogen-bond donors (Lipinski definition) is 1. The molecule has 0 aromatic carbocycles. The molecule has 1 saturated carbocycles. The number of nitrogens with two attached hydrogens (primary N) is 1. The lowest BCUT2D eigenvalue weighted by atomic mass is 9.68. The summed E-state index contributed by atoms with van der Waals surface area (Å²) in [5, 5.41) is 0. The molecule has 0 aromatic rings. The lowest BCUT2D eigenvalue weighted by Crippen LogP contribution is -2.51. The van der Waals surface area contributed by atoms with Crippen LogP contribution >= 0.6 is 0 Å². The maximum absolute atomic E-state index is 6.57. The highest BCUT2D eigenvalue weighted by Gasteiger charge is 2.38. The molecule has 0 amide bonds. The van der Waals surface area contributed by atoms with Gasteiger partial charge in [-0.05, 0) is 37.5 Å². The monoisotopic (exact) mass is 197 g/mol. The summed E-state index contributed by atoms with van der Waals surface area (Å²) in [7, 11) is 0. The molecule has 0 bridgehead atoms. The second kappa shape index (κ2) is 4.19. The van der Waals surface area contributed by atoms with Crippen molar-refractivity contribution in [1.29, 1.82) is 0 Å². The second-order valence-electron chi connectivity index (χ2n) is 5.32. The van der Waals surface area contributed by atoms with Crippen LogP contribution < -0.4 is 5.73 Å². The Morgan fingerprint density at radius 1 is 1.21 bits per heavy atom. The molecule has 1 heterocycles. The van der Waals surface area contributed by atoms with Gasteiger partial charge in [0, 0.05) is 18.8 Å². The Kier molecular flexibility index (Phi) is 3.13. The normalized spacial score (nSPS) is 41.1. The second-order valence-corrected chi connectivity index (χ2v) is 5.32. The van der Waals surface area contributed by atoms with Crippen molar-refractivity contribution in [2.45, 2.75) is 51.0 Å². The summed E-state index contributed by atoms with van der Waals surface area (Å²) >= 11 is 0. The molecule has 2 fully saturated rings. The molecule has 0 spiro atoms. The van der Waals surface area contributed by atoms with Crippen LogP contribution in [-0.4, -0.2) is 18.8 Å². The summed E-state index contributed by atoms with van der Waals surface area (Å²) in [5.74, 6) is 1.55. The van der Waals surface area contributed by atoms with Crippen LogP contribution in [0.2, 0.25) is 0 Å². The average Bonchev–Trinajstić information content (AvgIpc) is 2.19. The van der Waals surface area contributed by atoms with E-state index in [0.29, 0.717) is 0 Å². The van der Waals surface area contributed by atoms with Gasteiger partial charge in [-0.25, -0.2) is 0 Å². The maximum atomic E-state index is 6.57. The largest absolute Gasteiger partial charge is 0.381 e. The van der Waals surface area contributed by atoms with E-state index in [0.717, 1.165) is 25.0 Å². The van der Waals surface area contributed by atoms with E-state index in [1.165, 1.54) is 38.5 Å². The molecule has 2 atom stereocenters. The first kappa shape index (κ1) is 10.4. The first-order chi connectivity index (χ1) is 6.71. The fraction of sp³-hybridized carbons (Fsp3) is 1.00. The molecule has 1 aliphatic heterocycles. The third-order valence-corrected chi connectivity index (χ3v) is 4.10. The van der Waals surface area contributed by atoms with Crippen LogP contribution in [0.3, 0.4) is 0 Å². The molecule has 2 heteroatoms. The fourth-order valence-electron chi connectivity index (χ4n) is 3.28. The molecule has 2 nitrogen and oxygen atoms in total. The first-order valence-electron chi connectivity index (χ1n) is 6.07. The van der Waals surface area contributed by atoms with E-state index in [1.807, 2.05) is 0 Å². The number of hydrogen-bond acceptors (Lipinski definition) is 2. The van der Waals surface area contributed by atoms with E-state index in [9.17, 15) is 0 Å². The van der Waals surface area contributed by atoms with Crippen LogP contribution in [0.5, 0.6) is 0 Å². The highest BCUT2D eigenvalue weighted by Crippen LogP contribution is 2.39. The van der Waals surface area contributed by atoms with Crippen molar-refractivity contribution in [3.05, 3.63) is 0 Å². The van der Waals surface area contributed by atoms with Crippen LogP contribution in [0.15, 0.2) is 0 Å². The first-order valence-corrected chi connectivity index (χ1v) is 6.07. The van der Waals surface area contributed by atoms with Crippen LogP contribution in [-0.2, 0) is 4.74 Å². The van der Waals surface area contributed by atoms with E-state index in [1.54, 1.807) is 0 Å². The summed E-state index contributed by atoms with van der Waals surface area (Å²) < 4.78 is 5.41. The molecule has 2 rings (SSSR count). The van der Waals surface area contributed by atoms with Crippen molar-refractivity contribution < 1.29 is 4.74 Å². The molecule has 2 N–H and O–H groups in total. The van der Waals surface area contributed by atoms with Gasteiger partial charge in [-0.3, -0.25) is 0 Å². The van der Waals surface area contributed by atoms with E-state index in [-0.39, 0.29) is 5.54 Å². The van der Waals surface area contributed by atoms with Gasteiger partial charge in [0.2, 0.25) is 0 Å². The van der Waals surface area contributed by atoms with E-state index < -0.39 is 0 Å². The van der Waals surface area contributed by atoms with Gasteiger partial charge in [0.15, 0.2) is 0 Å². The van der Waals surface area contributed by atoms with Crippen LogP contribution in [0.25, 0.3) is 0 Å². The van der Waals surface area contributed by atoms with Crippen LogP contribution in [0.1, 0.15) is 45.4 Å². The Labute approximate surface area is 87.2 Å². The highest BCUT2D eigenvalue weighted by atomic mass is 16.5. The number of rotatable bonds is 1. The van der Waals surface area contributed by atoms with Crippen molar-refractivity contribution >= 4 is 0 Å². The van der Waals surface area contributed by atoms with E-state index >= 15 is 0 Å². The van der Waals surface area contributed by atoms with Gasteiger partial charge in [0.1, 0.15) is 0 Å². The average molecular weight is 197 g/mol.